The summed E-state index contributed by atoms with van der Waals surface area (Å²) < 4.78 is 0. The van der Waals surface area contributed by atoms with Crippen LogP contribution in [0.5, 0.6) is 0 Å². The fraction of sp³-hybridized carbons (Fsp3) is 1.00. The van der Waals surface area contributed by atoms with Crippen molar-refractivity contribution in [3.63, 3.8) is 0 Å². The van der Waals surface area contributed by atoms with E-state index in [9.17, 15) is 0 Å². The summed E-state index contributed by atoms with van der Waals surface area (Å²) in [5.74, 6) is 0.626. The van der Waals surface area contributed by atoms with E-state index in [0.29, 0.717) is 5.92 Å². The van der Waals surface area contributed by atoms with Gasteiger partial charge in [0, 0.05) is 5.54 Å². The molecular formula is C13H30N2. The normalized spacial score (nSPS) is 14.2. The Labute approximate surface area is 95.8 Å². The first-order valence-corrected chi connectivity index (χ1v) is 6.47. The van der Waals surface area contributed by atoms with Crippen molar-refractivity contribution in [1.29, 1.82) is 0 Å². The van der Waals surface area contributed by atoms with E-state index in [-0.39, 0.29) is 5.54 Å². The number of nitrogens with two attached hydrogens (primary N) is 2. The molecule has 0 bridgehead atoms. The Balaban J connectivity index is 3.24. The lowest BCUT2D eigenvalue weighted by atomic mass is 9.86. The topological polar surface area (TPSA) is 52.0 Å². The van der Waals surface area contributed by atoms with Crippen molar-refractivity contribution in [3.05, 3.63) is 0 Å². The Morgan fingerprint density at radius 1 is 0.933 bits per heavy atom. The second-order valence-electron chi connectivity index (χ2n) is 5.42. The maximum Gasteiger partial charge on any atom is 0.0123 e. The molecule has 1 unspecified atom stereocenters. The van der Waals surface area contributed by atoms with Gasteiger partial charge in [0.05, 0.1) is 0 Å². The zero-order valence-electron chi connectivity index (χ0n) is 10.9. The van der Waals surface area contributed by atoms with E-state index >= 15 is 0 Å². The van der Waals surface area contributed by atoms with Crippen molar-refractivity contribution in [2.24, 2.45) is 17.4 Å². The van der Waals surface area contributed by atoms with Crippen LogP contribution in [0, 0.1) is 5.92 Å². The lowest BCUT2D eigenvalue weighted by Gasteiger charge is -2.27. The number of rotatable bonds is 9. The molecule has 92 valence electrons. The SMILES string of the molecule is CC(CCCCCCCCN)C(C)(C)N. The van der Waals surface area contributed by atoms with Crippen LogP contribution in [0.4, 0.5) is 0 Å². The molecule has 0 rings (SSSR count). The first kappa shape index (κ1) is 14.9. The number of hydrogen-bond acceptors (Lipinski definition) is 2. The Morgan fingerprint density at radius 3 is 1.87 bits per heavy atom. The van der Waals surface area contributed by atoms with E-state index in [2.05, 4.69) is 20.8 Å². The van der Waals surface area contributed by atoms with Crippen LogP contribution in [-0.2, 0) is 0 Å². The lowest BCUT2D eigenvalue weighted by molar-refractivity contribution is 0.316. The van der Waals surface area contributed by atoms with E-state index < -0.39 is 0 Å². The van der Waals surface area contributed by atoms with Crippen LogP contribution in [0.1, 0.15) is 65.7 Å². The Bertz CT molecular complexity index is 138. The van der Waals surface area contributed by atoms with Crippen LogP contribution in [-0.4, -0.2) is 12.1 Å². The van der Waals surface area contributed by atoms with Gasteiger partial charge < -0.3 is 11.5 Å². The van der Waals surface area contributed by atoms with Crippen LogP contribution < -0.4 is 11.5 Å². The molecule has 0 aromatic heterocycles. The van der Waals surface area contributed by atoms with Gasteiger partial charge >= 0.3 is 0 Å². The highest BCUT2D eigenvalue weighted by atomic mass is 14.7. The third kappa shape index (κ3) is 8.88. The standard InChI is InChI=1S/C13H30N2/c1-12(13(2,3)15)10-8-6-4-5-7-9-11-14/h12H,4-11,14-15H2,1-3H3. The number of hydrogen-bond donors (Lipinski definition) is 2. The van der Waals surface area contributed by atoms with E-state index in [4.69, 9.17) is 11.5 Å². The fourth-order valence-electron chi connectivity index (χ4n) is 1.67. The predicted octanol–water partition coefficient (Wildman–Crippen LogP) is 3.05. The van der Waals surface area contributed by atoms with E-state index in [1.54, 1.807) is 0 Å². The van der Waals surface area contributed by atoms with Gasteiger partial charge in [-0.1, -0.05) is 39.0 Å². The maximum atomic E-state index is 6.05. The third-order valence-corrected chi connectivity index (χ3v) is 3.36. The molecule has 0 fully saturated rings. The lowest BCUT2D eigenvalue weighted by Crippen LogP contribution is -2.39. The van der Waals surface area contributed by atoms with E-state index in [0.717, 1.165) is 6.54 Å². The summed E-state index contributed by atoms with van der Waals surface area (Å²) in [5, 5.41) is 0. The van der Waals surface area contributed by atoms with Gasteiger partial charge in [-0.15, -0.1) is 0 Å². The van der Waals surface area contributed by atoms with Gasteiger partial charge in [0.25, 0.3) is 0 Å². The first-order valence-electron chi connectivity index (χ1n) is 6.47. The average molecular weight is 214 g/mol. The van der Waals surface area contributed by atoms with Gasteiger partial charge in [-0.2, -0.15) is 0 Å². The maximum absolute atomic E-state index is 6.05. The van der Waals surface area contributed by atoms with Gasteiger partial charge in [-0.3, -0.25) is 0 Å². The highest BCUT2D eigenvalue weighted by molar-refractivity contribution is 4.78. The van der Waals surface area contributed by atoms with Crippen LogP contribution in [0.2, 0.25) is 0 Å². The van der Waals surface area contributed by atoms with Crippen LogP contribution >= 0.6 is 0 Å². The highest BCUT2D eigenvalue weighted by Gasteiger charge is 2.19. The quantitative estimate of drug-likeness (QED) is 0.580. The molecule has 4 N–H and O–H groups in total. The molecule has 0 saturated carbocycles. The Kier molecular flexibility index (Phi) is 8.07. The molecular weight excluding hydrogens is 184 g/mol. The molecule has 0 heterocycles. The van der Waals surface area contributed by atoms with Crippen molar-refractivity contribution in [3.8, 4) is 0 Å². The van der Waals surface area contributed by atoms with Gasteiger partial charge in [0.1, 0.15) is 0 Å². The second-order valence-corrected chi connectivity index (χ2v) is 5.42. The molecule has 15 heavy (non-hydrogen) atoms. The summed E-state index contributed by atoms with van der Waals surface area (Å²) in [5.41, 5.74) is 11.5. The molecule has 0 amide bonds. The Morgan fingerprint density at radius 2 is 1.40 bits per heavy atom. The van der Waals surface area contributed by atoms with Gasteiger partial charge in [-0.05, 0) is 39.2 Å². The van der Waals surface area contributed by atoms with E-state index in [1.807, 2.05) is 0 Å². The monoisotopic (exact) mass is 214 g/mol. The molecule has 0 aliphatic carbocycles. The summed E-state index contributed by atoms with van der Waals surface area (Å²) in [6, 6.07) is 0. The summed E-state index contributed by atoms with van der Waals surface area (Å²) in [6.07, 6.45) is 9.13. The van der Waals surface area contributed by atoms with Crippen LogP contribution in [0.25, 0.3) is 0 Å². The molecule has 0 radical (unpaired) electrons. The third-order valence-electron chi connectivity index (χ3n) is 3.36. The summed E-state index contributed by atoms with van der Waals surface area (Å²) in [4.78, 5) is 0. The predicted molar refractivity (Wildman–Crippen MR) is 68.8 cm³/mol. The van der Waals surface area contributed by atoms with E-state index in [1.165, 1.54) is 44.9 Å². The minimum atomic E-state index is -0.0143. The summed E-state index contributed by atoms with van der Waals surface area (Å²) in [6.45, 7) is 7.35. The molecule has 0 aliphatic rings. The molecule has 0 aliphatic heterocycles. The minimum absolute atomic E-state index is 0.0143. The van der Waals surface area contributed by atoms with Crippen molar-refractivity contribution in [2.75, 3.05) is 6.54 Å². The zero-order chi connectivity index (χ0) is 11.7. The summed E-state index contributed by atoms with van der Waals surface area (Å²) >= 11 is 0. The van der Waals surface area contributed by atoms with Gasteiger partial charge in [0.2, 0.25) is 0 Å². The van der Waals surface area contributed by atoms with Crippen molar-refractivity contribution < 1.29 is 0 Å². The molecule has 0 aromatic carbocycles. The number of unbranched alkanes of at least 4 members (excludes halogenated alkanes) is 5. The van der Waals surface area contributed by atoms with Crippen LogP contribution in [0.15, 0.2) is 0 Å². The summed E-state index contributed by atoms with van der Waals surface area (Å²) in [7, 11) is 0. The molecule has 0 saturated heterocycles. The van der Waals surface area contributed by atoms with Gasteiger partial charge in [-0.25, -0.2) is 0 Å². The average Bonchev–Trinajstić information content (AvgIpc) is 2.14. The second kappa shape index (κ2) is 8.12. The van der Waals surface area contributed by atoms with Crippen molar-refractivity contribution >= 4 is 0 Å². The van der Waals surface area contributed by atoms with Crippen LogP contribution in [0.3, 0.4) is 0 Å². The highest BCUT2D eigenvalue weighted by Crippen LogP contribution is 2.20. The fourth-order valence-corrected chi connectivity index (χ4v) is 1.67. The zero-order valence-corrected chi connectivity index (χ0v) is 10.9. The van der Waals surface area contributed by atoms with Crippen molar-refractivity contribution in [1.82, 2.24) is 0 Å². The largest absolute Gasteiger partial charge is 0.330 e. The first-order chi connectivity index (χ1) is 6.98. The molecule has 2 nitrogen and oxygen atoms in total. The van der Waals surface area contributed by atoms with Gasteiger partial charge in [0.15, 0.2) is 0 Å². The molecule has 0 spiro atoms. The molecule has 2 heteroatoms. The minimum Gasteiger partial charge on any atom is -0.330 e. The Hall–Kier alpha value is -0.0800. The smallest absolute Gasteiger partial charge is 0.0123 e. The molecule has 0 aromatic rings. The van der Waals surface area contributed by atoms with Crippen molar-refractivity contribution in [2.45, 2.75) is 71.3 Å². The molecule has 1 atom stereocenters.